The number of aromatic amines is 1. The minimum atomic E-state index is -0.309. The molecule has 0 spiro atoms. The molecule has 32 heavy (non-hydrogen) atoms. The second kappa shape index (κ2) is 7.86. The van der Waals surface area contributed by atoms with Gasteiger partial charge in [-0.05, 0) is 55.4 Å². The fraction of sp³-hybridized carbons (Fsp3) is 0.364. The Balaban J connectivity index is 1.23. The van der Waals surface area contributed by atoms with Crippen molar-refractivity contribution in [1.82, 2.24) is 20.3 Å². The molecule has 1 atom stereocenters. The first kappa shape index (κ1) is 19.7. The molecule has 4 aromatic rings. The van der Waals surface area contributed by atoms with Crippen molar-refractivity contribution < 1.29 is 9.53 Å². The standard InChI is InChI=1S/C22H21N5O3S2/c28-21(23-9-11-1-2-11)30-13-4-5-14-16(8-13)31-20-18(14)19(24-10-25-20)26-12-3-6-15-17(7-12)32-22(29)27-15/h3,6-7,10-11,13H,1-2,4-5,8-9H2,(H,23,28)(H,27,29)(H,24,25,26). The third-order valence-corrected chi connectivity index (χ3v) is 8.00. The Bertz CT molecular complexity index is 1390. The highest BCUT2D eigenvalue weighted by Gasteiger charge is 2.28. The maximum absolute atomic E-state index is 12.1. The van der Waals surface area contributed by atoms with Gasteiger partial charge in [-0.15, -0.1) is 11.3 Å². The second-order valence-electron chi connectivity index (χ2n) is 8.35. The number of hydrogen-bond donors (Lipinski definition) is 3. The number of amides is 1. The highest BCUT2D eigenvalue weighted by molar-refractivity contribution is 7.19. The topological polar surface area (TPSA) is 109 Å². The van der Waals surface area contributed by atoms with Gasteiger partial charge >= 0.3 is 11.0 Å². The second-order valence-corrected chi connectivity index (χ2v) is 10.4. The van der Waals surface area contributed by atoms with Crippen molar-refractivity contribution in [2.24, 2.45) is 5.92 Å². The van der Waals surface area contributed by atoms with Gasteiger partial charge in [0.15, 0.2) is 0 Å². The van der Waals surface area contributed by atoms with Crippen LogP contribution in [-0.2, 0) is 17.6 Å². The Morgan fingerprint density at radius 2 is 2.12 bits per heavy atom. The van der Waals surface area contributed by atoms with Crippen molar-refractivity contribution >= 4 is 60.7 Å². The predicted octanol–water partition coefficient (Wildman–Crippen LogP) is 4.33. The molecule has 3 heterocycles. The molecule has 2 aliphatic carbocycles. The number of H-pyrrole nitrogens is 1. The lowest BCUT2D eigenvalue weighted by molar-refractivity contribution is 0.0900. The number of ether oxygens (including phenoxy) is 1. The number of aryl methyl sites for hydroxylation is 1. The summed E-state index contributed by atoms with van der Waals surface area (Å²) in [6.07, 6.45) is 5.85. The quantitative estimate of drug-likeness (QED) is 0.403. The molecule has 3 N–H and O–H groups in total. The summed E-state index contributed by atoms with van der Waals surface area (Å²) in [4.78, 5) is 37.6. The van der Waals surface area contributed by atoms with E-state index in [9.17, 15) is 9.59 Å². The summed E-state index contributed by atoms with van der Waals surface area (Å²) in [5.41, 5.74) is 2.94. The highest BCUT2D eigenvalue weighted by Crippen LogP contribution is 2.39. The minimum Gasteiger partial charge on any atom is -0.446 e. The van der Waals surface area contributed by atoms with Crippen LogP contribution >= 0.6 is 22.7 Å². The molecule has 3 aromatic heterocycles. The highest BCUT2D eigenvalue weighted by atomic mass is 32.1. The van der Waals surface area contributed by atoms with Gasteiger partial charge in [0.1, 0.15) is 23.1 Å². The molecule has 164 valence electrons. The van der Waals surface area contributed by atoms with Crippen molar-refractivity contribution in [2.45, 2.75) is 38.2 Å². The molecular formula is C22H21N5O3S2. The fourth-order valence-electron chi connectivity index (χ4n) is 4.18. The number of hydrogen-bond acceptors (Lipinski definition) is 8. The van der Waals surface area contributed by atoms with E-state index < -0.39 is 0 Å². The average Bonchev–Trinajstić information content (AvgIpc) is 3.42. The lowest BCUT2D eigenvalue weighted by Gasteiger charge is -2.22. The van der Waals surface area contributed by atoms with Gasteiger partial charge in [-0.1, -0.05) is 11.3 Å². The molecule has 2 aliphatic rings. The van der Waals surface area contributed by atoms with Crippen LogP contribution in [0.1, 0.15) is 29.7 Å². The molecule has 6 rings (SSSR count). The zero-order valence-electron chi connectivity index (χ0n) is 17.1. The number of fused-ring (bicyclic) bond motifs is 4. The summed E-state index contributed by atoms with van der Waals surface area (Å²) >= 11 is 2.83. The van der Waals surface area contributed by atoms with E-state index in [-0.39, 0.29) is 17.1 Å². The number of thiazole rings is 1. The molecular weight excluding hydrogens is 446 g/mol. The average molecular weight is 468 g/mol. The number of nitrogens with zero attached hydrogens (tertiary/aromatic N) is 2. The van der Waals surface area contributed by atoms with Crippen LogP contribution in [0.25, 0.3) is 20.4 Å². The number of thiophene rings is 1. The lowest BCUT2D eigenvalue weighted by Crippen LogP contribution is -2.32. The predicted molar refractivity (Wildman–Crippen MR) is 126 cm³/mol. The first-order valence-corrected chi connectivity index (χ1v) is 12.4. The van der Waals surface area contributed by atoms with Crippen molar-refractivity contribution in [1.29, 1.82) is 0 Å². The largest absolute Gasteiger partial charge is 0.446 e. The number of alkyl carbamates (subject to hydrolysis) is 1. The van der Waals surface area contributed by atoms with Crippen LogP contribution in [0.5, 0.6) is 0 Å². The summed E-state index contributed by atoms with van der Waals surface area (Å²) in [6.45, 7) is 0.718. The summed E-state index contributed by atoms with van der Waals surface area (Å²) in [7, 11) is 0. The van der Waals surface area contributed by atoms with Crippen molar-refractivity contribution in [3.8, 4) is 0 Å². The number of benzene rings is 1. The Kier molecular flexibility index (Phi) is 4.83. The van der Waals surface area contributed by atoms with Crippen LogP contribution in [0.2, 0.25) is 0 Å². The molecule has 0 bridgehead atoms. The van der Waals surface area contributed by atoms with E-state index in [1.165, 1.54) is 34.6 Å². The number of rotatable bonds is 5. The van der Waals surface area contributed by atoms with E-state index in [2.05, 4.69) is 25.6 Å². The van der Waals surface area contributed by atoms with Crippen molar-refractivity contribution in [2.75, 3.05) is 11.9 Å². The minimum absolute atomic E-state index is 0.0634. The van der Waals surface area contributed by atoms with Gasteiger partial charge < -0.3 is 20.4 Å². The van der Waals surface area contributed by atoms with Crippen LogP contribution in [0.3, 0.4) is 0 Å². The smallest absolute Gasteiger partial charge is 0.407 e. The molecule has 1 amide bonds. The summed E-state index contributed by atoms with van der Waals surface area (Å²) in [5, 5.41) is 7.33. The number of anilines is 2. The van der Waals surface area contributed by atoms with Gasteiger partial charge in [0.05, 0.1) is 15.6 Å². The van der Waals surface area contributed by atoms with Crippen LogP contribution in [0.15, 0.2) is 29.3 Å². The van der Waals surface area contributed by atoms with E-state index in [4.69, 9.17) is 4.74 Å². The summed E-state index contributed by atoms with van der Waals surface area (Å²) < 4.78 is 6.57. The van der Waals surface area contributed by atoms with E-state index in [1.807, 2.05) is 18.2 Å². The molecule has 0 radical (unpaired) electrons. The summed E-state index contributed by atoms with van der Waals surface area (Å²) in [5.74, 6) is 1.39. The Morgan fingerprint density at radius 3 is 3.00 bits per heavy atom. The maximum atomic E-state index is 12.1. The molecule has 0 aliphatic heterocycles. The van der Waals surface area contributed by atoms with Gasteiger partial charge in [0.2, 0.25) is 0 Å². The third kappa shape index (κ3) is 3.84. The Hall–Kier alpha value is -2.98. The van der Waals surface area contributed by atoms with Crippen LogP contribution in [-0.4, -0.2) is 33.7 Å². The van der Waals surface area contributed by atoms with Crippen LogP contribution in [0, 0.1) is 5.92 Å². The molecule has 1 fully saturated rings. The van der Waals surface area contributed by atoms with Gasteiger partial charge in [0.25, 0.3) is 0 Å². The first-order valence-electron chi connectivity index (χ1n) is 10.7. The van der Waals surface area contributed by atoms with E-state index in [0.29, 0.717) is 12.3 Å². The SMILES string of the molecule is O=C(NCC1CC1)OC1CCc2c(sc3ncnc(Nc4ccc5[nH]c(=O)sc5c4)c23)C1. The molecule has 0 saturated heterocycles. The molecule has 8 nitrogen and oxygen atoms in total. The third-order valence-electron chi connectivity index (χ3n) is 5.99. The first-order chi connectivity index (χ1) is 15.6. The van der Waals surface area contributed by atoms with E-state index in [1.54, 1.807) is 17.7 Å². The zero-order chi connectivity index (χ0) is 21.7. The van der Waals surface area contributed by atoms with Crippen LogP contribution < -0.4 is 15.5 Å². The Morgan fingerprint density at radius 1 is 1.22 bits per heavy atom. The molecule has 1 unspecified atom stereocenters. The maximum Gasteiger partial charge on any atom is 0.407 e. The summed E-state index contributed by atoms with van der Waals surface area (Å²) in [6, 6.07) is 5.78. The Labute approximate surface area is 191 Å². The number of carbonyl (C=O) groups excluding carboxylic acids is 1. The van der Waals surface area contributed by atoms with Gasteiger partial charge in [-0.25, -0.2) is 14.8 Å². The lowest BCUT2D eigenvalue weighted by atomic mass is 9.94. The van der Waals surface area contributed by atoms with Crippen molar-refractivity contribution in [3.63, 3.8) is 0 Å². The van der Waals surface area contributed by atoms with E-state index >= 15 is 0 Å². The fourth-order valence-corrected chi connectivity index (χ4v) is 6.21. The normalized spacial score (nSPS) is 17.9. The number of nitrogens with one attached hydrogen (secondary N) is 3. The van der Waals surface area contributed by atoms with Gasteiger partial charge in [0, 0.05) is 23.5 Å². The van der Waals surface area contributed by atoms with Gasteiger partial charge in [-0.2, -0.15) is 0 Å². The molecule has 1 saturated carbocycles. The zero-order valence-corrected chi connectivity index (χ0v) is 18.8. The number of carbonyl (C=O) groups is 1. The molecule has 10 heteroatoms. The number of aromatic nitrogens is 3. The van der Waals surface area contributed by atoms with E-state index in [0.717, 1.165) is 51.3 Å². The van der Waals surface area contributed by atoms with Crippen LogP contribution in [0.4, 0.5) is 16.3 Å². The monoisotopic (exact) mass is 467 g/mol. The van der Waals surface area contributed by atoms with Gasteiger partial charge in [-0.3, -0.25) is 4.79 Å². The molecule has 1 aromatic carbocycles. The van der Waals surface area contributed by atoms with Crippen molar-refractivity contribution in [3.05, 3.63) is 44.6 Å².